The third-order valence-corrected chi connectivity index (χ3v) is 4.00. The standard InChI is InChI=1S/C8H5FO2S2/c9-13(10,11)8-5-6-3-1-2-4-7(6)12-8/h1-5H. The average molecular weight is 216 g/mol. The van der Waals surface area contributed by atoms with E-state index in [1.165, 1.54) is 6.07 Å². The van der Waals surface area contributed by atoms with Gasteiger partial charge in [-0.25, -0.2) is 0 Å². The molecule has 0 aliphatic heterocycles. The fraction of sp³-hybridized carbons (Fsp3) is 0. The van der Waals surface area contributed by atoms with Gasteiger partial charge in [0.25, 0.3) is 0 Å². The van der Waals surface area contributed by atoms with E-state index in [1.807, 2.05) is 0 Å². The first kappa shape index (κ1) is 8.65. The molecule has 0 saturated heterocycles. The molecule has 5 heteroatoms. The van der Waals surface area contributed by atoms with E-state index in [4.69, 9.17) is 0 Å². The van der Waals surface area contributed by atoms with E-state index in [1.54, 1.807) is 24.3 Å². The van der Waals surface area contributed by atoms with Gasteiger partial charge in [-0.15, -0.1) is 11.3 Å². The first-order valence-corrected chi connectivity index (χ1v) is 5.70. The van der Waals surface area contributed by atoms with Crippen LogP contribution in [0.3, 0.4) is 0 Å². The normalized spacial score (nSPS) is 12.1. The maximum absolute atomic E-state index is 12.5. The third-order valence-electron chi connectivity index (χ3n) is 1.64. The molecular weight excluding hydrogens is 211 g/mol. The first-order chi connectivity index (χ1) is 6.07. The van der Waals surface area contributed by atoms with Crippen molar-refractivity contribution in [3.63, 3.8) is 0 Å². The van der Waals surface area contributed by atoms with Crippen molar-refractivity contribution in [3.05, 3.63) is 30.3 Å². The van der Waals surface area contributed by atoms with Crippen LogP contribution >= 0.6 is 11.3 Å². The summed E-state index contributed by atoms with van der Waals surface area (Å²) >= 11 is 0.941. The van der Waals surface area contributed by atoms with Gasteiger partial charge in [0.2, 0.25) is 0 Å². The van der Waals surface area contributed by atoms with Crippen LogP contribution in [0.5, 0.6) is 0 Å². The summed E-state index contributed by atoms with van der Waals surface area (Å²) in [5, 5.41) is 0.753. The van der Waals surface area contributed by atoms with E-state index < -0.39 is 10.2 Å². The Labute approximate surface area is 78.8 Å². The predicted molar refractivity (Wildman–Crippen MR) is 50.1 cm³/mol. The van der Waals surface area contributed by atoms with Gasteiger partial charge in [-0.05, 0) is 17.5 Å². The van der Waals surface area contributed by atoms with E-state index in [9.17, 15) is 12.3 Å². The number of thiophene rings is 1. The average Bonchev–Trinajstić information content (AvgIpc) is 2.45. The molecule has 2 rings (SSSR count). The highest BCUT2D eigenvalue weighted by molar-refractivity contribution is 7.88. The molecule has 0 aliphatic rings. The Morgan fingerprint density at radius 1 is 1.23 bits per heavy atom. The molecule has 2 nitrogen and oxygen atoms in total. The van der Waals surface area contributed by atoms with Crippen LogP contribution in [0, 0.1) is 0 Å². The molecule has 13 heavy (non-hydrogen) atoms. The Balaban J connectivity index is 2.77. The van der Waals surface area contributed by atoms with Crippen molar-refractivity contribution in [3.8, 4) is 0 Å². The van der Waals surface area contributed by atoms with Gasteiger partial charge in [0, 0.05) is 4.70 Å². The molecule has 0 spiro atoms. The lowest BCUT2D eigenvalue weighted by Gasteiger charge is -1.82. The Morgan fingerprint density at radius 3 is 2.54 bits per heavy atom. The van der Waals surface area contributed by atoms with Crippen LogP contribution in [0.4, 0.5) is 3.89 Å². The molecule has 0 N–H and O–H groups in total. The monoisotopic (exact) mass is 216 g/mol. The smallest absolute Gasteiger partial charge is 0.188 e. The summed E-state index contributed by atoms with van der Waals surface area (Å²) in [5.74, 6) is 0. The van der Waals surface area contributed by atoms with Gasteiger partial charge in [0.1, 0.15) is 0 Å². The largest absolute Gasteiger partial charge is 0.341 e. The van der Waals surface area contributed by atoms with Crippen molar-refractivity contribution in [2.45, 2.75) is 4.21 Å². The van der Waals surface area contributed by atoms with Crippen LogP contribution in [0.25, 0.3) is 10.1 Å². The third kappa shape index (κ3) is 1.57. The number of rotatable bonds is 1. The van der Waals surface area contributed by atoms with Crippen LogP contribution in [0.1, 0.15) is 0 Å². The zero-order valence-corrected chi connectivity index (χ0v) is 8.03. The van der Waals surface area contributed by atoms with Gasteiger partial charge < -0.3 is 0 Å². The van der Waals surface area contributed by atoms with Crippen LogP contribution in [-0.4, -0.2) is 8.42 Å². The summed E-state index contributed by atoms with van der Waals surface area (Å²) in [6.07, 6.45) is 0. The maximum atomic E-state index is 12.5. The molecule has 0 fully saturated rings. The van der Waals surface area contributed by atoms with Crippen molar-refractivity contribution < 1.29 is 12.3 Å². The number of halogens is 1. The maximum Gasteiger partial charge on any atom is 0.341 e. The second kappa shape index (κ2) is 2.78. The molecule has 0 amide bonds. The molecule has 0 aliphatic carbocycles. The lowest BCUT2D eigenvalue weighted by Crippen LogP contribution is -1.84. The summed E-state index contributed by atoms with van der Waals surface area (Å²) in [6.45, 7) is 0. The van der Waals surface area contributed by atoms with Gasteiger partial charge in [-0.1, -0.05) is 22.1 Å². The Hall–Kier alpha value is -0.940. The van der Waals surface area contributed by atoms with Crippen molar-refractivity contribution in [2.75, 3.05) is 0 Å². The van der Waals surface area contributed by atoms with Gasteiger partial charge in [-0.2, -0.15) is 8.42 Å². The molecule has 0 atom stereocenters. The van der Waals surface area contributed by atoms with Gasteiger partial charge in [0.15, 0.2) is 4.21 Å². The summed E-state index contributed by atoms with van der Waals surface area (Å²) in [7, 11) is -4.55. The highest BCUT2D eigenvalue weighted by atomic mass is 32.3. The minimum atomic E-state index is -4.55. The van der Waals surface area contributed by atoms with Gasteiger partial charge in [0.05, 0.1) is 0 Å². The minimum absolute atomic E-state index is 0.228. The number of hydrogen-bond donors (Lipinski definition) is 0. The van der Waals surface area contributed by atoms with Crippen molar-refractivity contribution in [2.24, 2.45) is 0 Å². The lowest BCUT2D eigenvalue weighted by atomic mass is 10.3. The first-order valence-electron chi connectivity index (χ1n) is 3.50. The zero-order chi connectivity index (χ0) is 9.47. The van der Waals surface area contributed by atoms with Crippen LogP contribution in [-0.2, 0) is 10.2 Å². The lowest BCUT2D eigenvalue weighted by molar-refractivity contribution is 0.554. The predicted octanol–water partition coefficient (Wildman–Crippen LogP) is 2.56. The zero-order valence-electron chi connectivity index (χ0n) is 6.40. The molecule has 2 aromatic rings. The van der Waals surface area contributed by atoms with E-state index in [0.29, 0.717) is 0 Å². The molecule has 1 aromatic carbocycles. The van der Waals surface area contributed by atoms with Crippen LogP contribution < -0.4 is 0 Å². The summed E-state index contributed by atoms with van der Waals surface area (Å²) in [4.78, 5) is 0. The topological polar surface area (TPSA) is 34.1 Å². The van der Waals surface area contributed by atoms with Crippen molar-refractivity contribution in [1.29, 1.82) is 0 Å². The molecule has 68 valence electrons. The highest BCUT2D eigenvalue weighted by Crippen LogP contribution is 2.29. The SMILES string of the molecule is O=S(=O)(F)c1cc2ccccc2s1. The fourth-order valence-corrected chi connectivity index (χ4v) is 2.81. The molecule has 0 saturated carbocycles. The molecule has 0 unspecified atom stereocenters. The molecule has 1 heterocycles. The molecule has 0 radical (unpaired) electrons. The summed E-state index contributed by atoms with van der Waals surface area (Å²) < 4.78 is 34.2. The van der Waals surface area contributed by atoms with Crippen molar-refractivity contribution in [1.82, 2.24) is 0 Å². The van der Waals surface area contributed by atoms with Crippen molar-refractivity contribution >= 4 is 31.6 Å². The van der Waals surface area contributed by atoms with E-state index >= 15 is 0 Å². The van der Waals surface area contributed by atoms with Crippen LogP contribution in [0.15, 0.2) is 34.5 Å². The summed E-state index contributed by atoms with van der Waals surface area (Å²) in [5.41, 5.74) is 0. The van der Waals surface area contributed by atoms with Gasteiger partial charge >= 0.3 is 10.2 Å². The minimum Gasteiger partial charge on any atom is -0.188 e. The van der Waals surface area contributed by atoms with E-state index in [-0.39, 0.29) is 4.21 Å². The summed E-state index contributed by atoms with van der Waals surface area (Å²) in [6, 6.07) is 8.42. The quantitative estimate of drug-likeness (QED) is 0.686. The number of hydrogen-bond acceptors (Lipinski definition) is 3. The second-order valence-corrected chi connectivity index (χ2v) is 5.20. The molecular formula is C8H5FO2S2. The number of fused-ring (bicyclic) bond motifs is 1. The van der Waals surface area contributed by atoms with Crippen LogP contribution in [0.2, 0.25) is 0 Å². The Kier molecular flexibility index (Phi) is 1.85. The second-order valence-electron chi connectivity index (χ2n) is 2.54. The van der Waals surface area contributed by atoms with Gasteiger partial charge in [-0.3, -0.25) is 0 Å². The fourth-order valence-electron chi connectivity index (χ4n) is 1.08. The van der Waals surface area contributed by atoms with E-state index in [0.717, 1.165) is 21.4 Å². The molecule has 0 bridgehead atoms. The molecule has 1 aromatic heterocycles. The Morgan fingerprint density at radius 2 is 1.92 bits per heavy atom. The highest BCUT2D eigenvalue weighted by Gasteiger charge is 2.14. The number of benzene rings is 1. The Bertz CT molecular complexity index is 509. The van der Waals surface area contributed by atoms with E-state index in [2.05, 4.69) is 0 Å².